The quantitative estimate of drug-likeness (QED) is 0.519. The Bertz CT molecular complexity index is 349. The van der Waals surface area contributed by atoms with E-state index in [9.17, 15) is 4.79 Å². The van der Waals surface area contributed by atoms with Crippen molar-refractivity contribution >= 4 is 5.97 Å². The lowest BCUT2D eigenvalue weighted by molar-refractivity contribution is 0.0600. The molecule has 0 unspecified atom stereocenters. The molecular weight excluding hydrogens is 234 g/mol. The highest BCUT2D eigenvalue weighted by Crippen LogP contribution is 2.08. The van der Waals surface area contributed by atoms with Gasteiger partial charge in [0.1, 0.15) is 12.0 Å². The molecule has 0 spiro atoms. The average molecular weight is 255 g/mol. The van der Waals surface area contributed by atoms with E-state index >= 15 is 0 Å². The molecule has 0 aliphatic heterocycles. The molecule has 1 aromatic rings. The van der Waals surface area contributed by atoms with Crippen molar-refractivity contribution in [3.8, 4) is 0 Å². The van der Waals surface area contributed by atoms with Gasteiger partial charge >= 0.3 is 5.97 Å². The minimum absolute atomic E-state index is 0.274. The standard InChI is InChI=1S/C13H21NO4/c1-17-13(16)11-8-12(18-10-11)9-14-6-4-2-3-5-7-15/h8,10,14-15H,2-7,9H2,1H3. The molecule has 2 N–H and O–H groups in total. The minimum Gasteiger partial charge on any atom is -0.467 e. The predicted octanol–water partition coefficient (Wildman–Crippen LogP) is 1.71. The highest BCUT2D eigenvalue weighted by atomic mass is 16.5. The van der Waals surface area contributed by atoms with E-state index in [0.29, 0.717) is 12.1 Å². The zero-order chi connectivity index (χ0) is 13.2. The molecule has 0 aliphatic rings. The van der Waals surface area contributed by atoms with Gasteiger partial charge in [0.25, 0.3) is 0 Å². The first-order valence-corrected chi connectivity index (χ1v) is 6.25. The average Bonchev–Trinajstić information content (AvgIpc) is 2.85. The van der Waals surface area contributed by atoms with Crippen LogP contribution in [0.2, 0.25) is 0 Å². The fraction of sp³-hybridized carbons (Fsp3) is 0.615. The maximum absolute atomic E-state index is 11.2. The highest BCUT2D eigenvalue weighted by molar-refractivity contribution is 5.88. The fourth-order valence-corrected chi connectivity index (χ4v) is 1.63. The van der Waals surface area contributed by atoms with Gasteiger partial charge in [-0.15, -0.1) is 0 Å². The van der Waals surface area contributed by atoms with Crippen LogP contribution in [-0.4, -0.2) is 31.3 Å². The summed E-state index contributed by atoms with van der Waals surface area (Å²) in [6.45, 7) is 1.78. The Kier molecular flexibility index (Phi) is 7.13. The summed E-state index contributed by atoms with van der Waals surface area (Å²) >= 11 is 0. The van der Waals surface area contributed by atoms with E-state index in [0.717, 1.165) is 38.0 Å². The number of unbranched alkanes of at least 4 members (excludes halogenated alkanes) is 3. The molecule has 5 heteroatoms. The number of esters is 1. The van der Waals surface area contributed by atoms with Crippen LogP contribution in [0.3, 0.4) is 0 Å². The highest BCUT2D eigenvalue weighted by Gasteiger charge is 2.09. The van der Waals surface area contributed by atoms with Gasteiger partial charge < -0.3 is 19.6 Å². The lowest BCUT2D eigenvalue weighted by atomic mass is 10.2. The van der Waals surface area contributed by atoms with Crippen LogP contribution in [-0.2, 0) is 11.3 Å². The molecule has 1 aromatic heterocycles. The second-order valence-corrected chi connectivity index (χ2v) is 4.11. The number of nitrogens with one attached hydrogen (secondary N) is 1. The summed E-state index contributed by atoms with van der Waals surface area (Å²) < 4.78 is 9.83. The van der Waals surface area contributed by atoms with Gasteiger partial charge in [-0.1, -0.05) is 12.8 Å². The van der Waals surface area contributed by atoms with Crippen molar-refractivity contribution in [2.45, 2.75) is 32.2 Å². The van der Waals surface area contributed by atoms with Crippen LogP contribution in [0.4, 0.5) is 0 Å². The van der Waals surface area contributed by atoms with Crippen LogP contribution in [0.25, 0.3) is 0 Å². The molecule has 1 rings (SSSR count). The van der Waals surface area contributed by atoms with E-state index in [-0.39, 0.29) is 12.6 Å². The molecule has 18 heavy (non-hydrogen) atoms. The Hall–Kier alpha value is -1.33. The van der Waals surface area contributed by atoms with Crippen LogP contribution < -0.4 is 5.32 Å². The maximum atomic E-state index is 11.2. The number of carbonyl (C=O) groups is 1. The third-order valence-electron chi connectivity index (χ3n) is 2.64. The van der Waals surface area contributed by atoms with Gasteiger partial charge in [-0.25, -0.2) is 4.79 Å². The van der Waals surface area contributed by atoms with E-state index in [1.807, 2.05) is 0 Å². The van der Waals surface area contributed by atoms with Gasteiger partial charge in [0.05, 0.1) is 19.2 Å². The van der Waals surface area contributed by atoms with Crippen molar-refractivity contribution < 1.29 is 19.1 Å². The molecule has 0 amide bonds. The van der Waals surface area contributed by atoms with Crippen molar-refractivity contribution in [2.75, 3.05) is 20.3 Å². The first kappa shape index (κ1) is 14.7. The molecule has 0 aromatic carbocycles. The molecule has 102 valence electrons. The van der Waals surface area contributed by atoms with Crippen LogP contribution in [0.15, 0.2) is 16.7 Å². The third-order valence-corrected chi connectivity index (χ3v) is 2.64. The Morgan fingerprint density at radius 2 is 2.17 bits per heavy atom. The predicted molar refractivity (Wildman–Crippen MR) is 67.3 cm³/mol. The molecule has 1 heterocycles. The van der Waals surface area contributed by atoms with Crippen molar-refractivity contribution in [1.29, 1.82) is 0 Å². The summed E-state index contributed by atoms with van der Waals surface area (Å²) in [7, 11) is 1.35. The molecule has 0 radical (unpaired) electrons. The number of ether oxygens (including phenoxy) is 1. The van der Waals surface area contributed by atoms with Crippen molar-refractivity contribution in [2.24, 2.45) is 0 Å². The van der Waals surface area contributed by atoms with Crippen LogP contribution in [0.5, 0.6) is 0 Å². The molecule has 0 fully saturated rings. The molecule has 0 saturated heterocycles. The van der Waals surface area contributed by atoms with Crippen LogP contribution in [0, 0.1) is 0 Å². The number of methoxy groups -OCH3 is 1. The lowest BCUT2D eigenvalue weighted by Gasteiger charge is -2.02. The summed E-state index contributed by atoms with van der Waals surface area (Å²) in [5.41, 5.74) is 0.442. The fourth-order valence-electron chi connectivity index (χ4n) is 1.63. The molecule has 0 bridgehead atoms. The number of aliphatic hydroxyl groups excluding tert-OH is 1. The first-order chi connectivity index (χ1) is 8.77. The molecular formula is C13H21NO4. The van der Waals surface area contributed by atoms with Crippen LogP contribution in [0.1, 0.15) is 41.8 Å². The van der Waals surface area contributed by atoms with Crippen molar-refractivity contribution in [3.63, 3.8) is 0 Å². The molecule has 5 nitrogen and oxygen atoms in total. The van der Waals surface area contributed by atoms with Gasteiger partial charge in [-0.3, -0.25) is 0 Å². The summed E-state index contributed by atoms with van der Waals surface area (Å²) in [4.78, 5) is 11.2. The first-order valence-electron chi connectivity index (χ1n) is 6.25. The van der Waals surface area contributed by atoms with E-state index in [1.165, 1.54) is 13.4 Å². The smallest absolute Gasteiger partial charge is 0.341 e. The number of hydrogen-bond donors (Lipinski definition) is 2. The van der Waals surface area contributed by atoms with E-state index in [4.69, 9.17) is 9.52 Å². The second kappa shape index (κ2) is 8.72. The second-order valence-electron chi connectivity index (χ2n) is 4.11. The third kappa shape index (κ3) is 5.33. The molecule has 0 atom stereocenters. The van der Waals surface area contributed by atoms with E-state index in [1.54, 1.807) is 6.07 Å². The van der Waals surface area contributed by atoms with Gasteiger partial charge in [-0.05, 0) is 25.5 Å². The number of hydrogen-bond acceptors (Lipinski definition) is 5. The monoisotopic (exact) mass is 255 g/mol. The zero-order valence-electron chi connectivity index (χ0n) is 10.8. The minimum atomic E-state index is -0.381. The topological polar surface area (TPSA) is 71.7 Å². The van der Waals surface area contributed by atoms with Crippen molar-refractivity contribution in [3.05, 3.63) is 23.7 Å². The normalized spacial score (nSPS) is 10.6. The van der Waals surface area contributed by atoms with Gasteiger partial charge in [0.15, 0.2) is 0 Å². The summed E-state index contributed by atoms with van der Waals surface area (Å²) in [5.74, 6) is 0.347. The van der Waals surface area contributed by atoms with Gasteiger partial charge in [0.2, 0.25) is 0 Å². The SMILES string of the molecule is COC(=O)c1coc(CNCCCCCCO)c1. The maximum Gasteiger partial charge on any atom is 0.341 e. The summed E-state index contributed by atoms with van der Waals surface area (Å²) in [5, 5.41) is 11.9. The summed E-state index contributed by atoms with van der Waals surface area (Å²) in [6, 6.07) is 1.69. The lowest BCUT2D eigenvalue weighted by Crippen LogP contribution is -2.14. The van der Waals surface area contributed by atoms with Gasteiger partial charge in [0, 0.05) is 6.61 Å². The largest absolute Gasteiger partial charge is 0.467 e. The molecule has 0 saturated carbocycles. The summed E-state index contributed by atoms with van der Waals surface area (Å²) in [6.07, 6.45) is 5.53. The Morgan fingerprint density at radius 3 is 2.89 bits per heavy atom. The van der Waals surface area contributed by atoms with Crippen LogP contribution >= 0.6 is 0 Å². The number of rotatable bonds is 9. The Balaban J connectivity index is 2.12. The van der Waals surface area contributed by atoms with E-state index in [2.05, 4.69) is 10.1 Å². The van der Waals surface area contributed by atoms with Crippen molar-refractivity contribution in [1.82, 2.24) is 5.32 Å². The zero-order valence-corrected chi connectivity index (χ0v) is 10.8. The Labute approximate surface area is 107 Å². The Morgan fingerprint density at radius 1 is 1.39 bits per heavy atom. The number of carbonyl (C=O) groups excluding carboxylic acids is 1. The number of aliphatic hydroxyl groups is 1. The van der Waals surface area contributed by atoms with E-state index < -0.39 is 0 Å². The molecule has 0 aliphatic carbocycles. The number of furan rings is 1. The van der Waals surface area contributed by atoms with Gasteiger partial charge in [-0.2, -0.15) is 0 Å².